The first kappa shape index (κ1) is 50.2. The number of amides is 4. The maximum Gasteiger partial charge on any atom is 0.437 e. The van der Waals surface area contributed by atoms with Gasteiger partial charge in [-0.05, 0) is 110 Å². The van der Waals surface area contributed by atoms with Gasteiger partial charge in [0.2, 0.25) is 21.8 Å². The van der Waals surface area contributed by atoms with Gasteiger partial charge in [0.15, 0.2) is 11.4 Å². The van der Waals surface area contributed by atoms with Crippen LogP contribution in [-0.4, -0.2) is 100 Å². The van der Waals surface area contributed by atoms with E-state index in [1.54, 1.807) is 64.4 Å². The molecule has 3 aromatic rings. The molecule has 0 unspecified atom stereocenters. The fourth-order valence-corrected chi connectivity index (χ4v) is 10.1. The Labute approximate surface area is 394 Å². The van der Waals surface area contributed by atoms with Crippen molar-refractivity contribution in [2.75, 3.05) is 19.8 Å². The van der Waals surface area contributed by atoms with Crippen molar-refractivity contribution >= 4 is 44.7 Å². The van der Waals surface area contributed by atoms with Crippen molar-refractivity contribution < 1.29 is 59.7 Å². The Kier molecular flexibility index (Phi) is 14.3. The molecule has 4 amide bonds. The molecule has 370 valence electrons. The number of halogens is 3. The molecule has 3 N–H and O–H groups in total. The monoisotopic (exact) mass is 970 g/mol. The second-order valence-corrected chi connectivity index (χ2v) is 22.0. The highest BCUT2D eigenvalue weighted by Crippen LogP contribution is 2.49. The molecule has 5 atom stereocenters. The first-order valence-corrected chi connectivity index (χ1v) is 24.6. The average molecular weight is 971 g/mol. The van der Waals surface area contributed by atoms with Gasteiger partial charge in [0.1, 0.15) is 40.3 Å². The van der Waals surface area contributed by atoms with Crippen LogP contribution >= 0.6 is 0 Å². The van der Waals surface area contributed by atoms with Gasteiger partial charge in [0.05, 0.1) is 36.2 Å². The van der Waals surface area contributed by atoms with E-state index < -0.39 is 90.9 Å². The summed E-state index contributed by atoms with van der Waals surface area (Å²) in [6, 6.07) is 5.44. The number of alkyl halides is 3. The molecule has 4 aliphatic rings. The van der Waals surface area contributed by atoms with E-state index in [0.29, 0.717) is 68.4 Å². The van der Waals surface area contributed by atoms with E-state index in [1.165, 1.54) is 30.9 Å². The van der Waals surface area contributed by atoms with Gasteiger partial charge in [-0.3, -0.25) is 24.1 Å². The Balaban J connectivity index is 1.23. The van der Waals surface area contributed by atoms with E-state index in [1.807, 2.05) is 6.08 Å². The van der Waals surface area contributed by atoms with Gasteiger partial charge in [0.25, 0.3) is 5.91 Å². The number of hydrogen-bond donors (Lipinski definition) is 3. The summed E-state index contributed by atoms with van der Waals surface area (Å²) in [4.78, 5) is 66.5. The SMILES string of the molecule is C[C@H]1/C=C\CCCCC[C@H](NC(=O)OC(C)(C)C)C(=O)N2C[C@@]3(CCc4c(c(C(F)(F)F)nc5ccc(OCCCOc6cccnc6)cc45)O3)C[C@H]2C(=O)N[C@@]1(C)C(=O)NS(=O)(=O)C1(C)CC1. The Morgan fingerprint density at radius 2 is 1.75 bits per heavy atom. The quantitative estimate of drug-likeness (QED) is 0.138. The van der Waals surface area contributed by atoms with Crippen LogP contribution in [0.3, 0.4) is 0 Å². The van der Waals surface area contributed by atoms with Crippen molar-refractivity contribution in [3.8, 4) is 17.2 Å². The number of carbonyl (C=O) groups is 4. The number of pyridine rings is 2. The smallest absolute Gasteiger partial charge is 0.437 e. The molecule has 2 aromatic heterocycles. The van der Waals surface area contributed by atoms with Crippen molar-refractivity contribution in [2.45, 2.75) is 152 Å². The van der Waals surface area contributed by atoms with Crippen LogP contribution in [0, 0.1) is 5.92 Å². The minimum absolute atomic E-state index is 0.0222. The molecule has 0 bridgehead atoms. The van der Waals surface area contributed by atoms with E-state index in [9.17, 15) is 27.6 Å². The fourth-order valence-electron chi connectivity index (χ4n) is 8.79. The second kappa shape index (κ2) is 19.4. The summed E-state index contributed by atoms with van der Waals surface area (Å²) in [7, 11) is -4.16. The van der Waals surface area contributed by atoms with Gasteiger partial charge in [0, 0.05) is 35.9 Å². The van der Waals surface area contributed by atoms with Gasteiger partial charge in [-0.25, -0.2) is 18.2 Å². The number of sulfonamides is 1. The zero-order chi connectivity index (χ0) is 49.3. The molecule has 68 heavy (non-hydrogen) atoms. The van der Waals surface area contributed by atoms with Gasteiger partial charge < -0.3 is 34.5 Å². The summed E-state index contributed by atoms with van der Waals surface area (Å²) in [5, 5.41) is 5.82. The number of fused-ring (bicyclic) bond motifs is 4. The van der Waals surface area contributed by atoms with Crippen LogP contribution < -0.4 is 29.6 Å². The van der Waals surface area contributed by atoms with Crippen LogP contribution in [0.4, 0.5) is 18.0 Å². The second-order valence-electron chi connectivity index (χ2n) is 19.8. The molecule has 1 aromatic carbocycles. The molecule has 20 heteroatoms. The number of hydrogen-bond acceptors (Lipinski definition) is 12. The number of nitrogens with zero attached hydrogens (tertiary/aromatic N) is 3. The van der Waals surface area contributed by atoms with Crippen LogP contribution in [0.25, 0.3) is 10.9 Å². The third kappa shape index (κ3) is 11.3. The first-order valence-electron chi connectivity index (χ1n) is 23.2. The van der Waals surface area contributed by atoms with E-state index in [2.05, 4.69) is 25.3 Å². The Hall–Kier alpha value is -5.66. The fraction of sp³-hybridized carbons (Fsp3) is 0.583. The molecule has 3 aliphatic heterocycles. The highest BCUT2D eigenvalue weighted by atomic mass is 32.2. The van der Waals surface area contributed by atoms with Crippen molar-refractivity contribution in [1.29, 1.82) is 0 Å². The summed E-state index contributed by atoms with van der Waals surface area (Å²) in [6.45, 7) is 9.76. The number of ether oxygens (including phenoxy) is 4. The van der Waals surface area contributed by atoms with Crippen molar-refractivity contribution in [3.05, 3.63) is 66.1 Å². The molecule has 1 saturated carbocycles. The van der Waals surface area contributed by atoms with Crippen LogP contribution in [0.15, 0.2) is 54.9 Å². The Bertz CT molecular complexity index is 2530. The lowest BCUT2D eigenvalue weighted by molar-refractivity contribution is -0.144. The number of aromatic nitrogens is 2. The number of carbonyl (C=O) groups excluding carboxylic acids is 4. The predicted octanol–water partition coefficient (Wildman–Crippen LogP) is 7.08. The average Bonchev–Trinajstić information content (AvgIpc) is 3.93. The van der Waals surface area contributed by atoms with E-state index in [4.69, 9.17) is 18.9 Å². The van der Waals surface area contributed by atoms with Crippen LogP contribution in [-0.2, 0) is 41.7 Å². The van der Waals surface area contributed by atoms with Crippen LogP contribution in [0.1, 0.15) is 117 Å². The summed E-state index contributed by atoms with van der Waals surface area (Å²) < 4.78 is 96.6. The zero-order valence-electron chi connectivity index (χ0n) is 39.3. The first-order chi connectivity index (χ1) is 31.9. The van der Waals surface area contributed by atoms with E-state index in [0.717, 1.165) is 0 Å². The van der Waals surface area contributed by atoms with E-state index in [-0.39, 0.29) is 49.9 Å². The third-order valence-corrected chi connectivity index (χ3v) is 15.4. The lowest BCUT2D eigenvalue weighted by Gasteiger charge is -2.37. The number of alkyl carbamates (subject to hydrolysis) is 1. The summed E-state index contributed by atoms with van der Waals surface area (Å²) in [5.74, 6) is -2.91. The highest BCUT2D eigenvalue weighted by molar-refractivity contribution is 7.91. The van der Waals surface area contributed by atoms with Crippen LogP contribution in [0.5, 0.6) is 17.2 Å². The topological polar surface area (TPSA) is 204 Å². The molecule has 5 heterocycles. The number of aryl methyl sites for hydroxylation is 1. The lowest BCUT2D eigenvalue weighted by atomic mass is 9.84. The minimum atomic E-state index is -4.98. The number of benzene rings is 1. The standard InChI is InChI=1S/C48H61F3N6O10S/c1-30-14-10-8-7-9-11-16-36(54-43(61)67-44(2,3)4)41(59)57-29-47(27-37(57)40(58)55-46(30,6)42(60)56-68(62,63)45(5)21-22-45)20-19-33-34-26-31(64-24-13-25-65-32-15-12-23-52-28-32)17-18-35(34)53-39(38(33)66-47)48(49,50)51/h10,12,14-15,17-18,23,26,28,30,36-37H,7-9,11,13,16,19-22,24-25,27,29H2,1-6H3,(H,54,61)(H,55,58)(H,56,60)/b14-10-/t30-,36-,37-,46+,47+/m0/s1. The van der Waals surface area contributed by atoms with Crippen molar-refractivity contribution in [2.24, 2.45) is 5.92 Å². The zero-order valence-corrected chi connectivity index (χ0v) is 40.1. The predicted molar refractivity (Wildman–Crippen MR) is 244 cm³/mol. The molecule has 1 saturated heterocycles. The number of rotatable bonds is 10. The molecule has 0 radical (unpaired) electrons. The summed E-state index contributed by atoms with van der Waals surface area (Å²) >= 11 is 0. The van der Waals surface area contributed by atoms with Gasteiger partial charge in [-0.15, -0.1) is 0 Å². The lowest BCUT2D eigenvalue weighted by Crippen LogP contribution is -2.64. The normalized spacial score (nSPS) is 26.0. The number of nitrogens with one attached hydrogen (secondary N) is 3. The summed E-state index contributed by atoms with van der Waals surface area (Å²) in [5.41, 5.74) is -5.40. The molecular formula is C48H61F3N6O10S. The van der Waals surface area contributed by atoms with Gasteiger partial charge in [-0.1, -0.05) is 31.9 Å². The third-order valence-electron chi connectivity index (χ3n) is 13.3. The van der Waals surface area contributed by atoms with Gasteiger partial charge >= 0.3 is 12.3 Å². The summed E-state index contributed by atoms with van der Waals surface area (Å²) in [6.07, 6.45) is 4.36. The molecule has 16 nitrogen and oxygen atoms in total. The maximum atomic E-state index is 15.0. The molecule has 1 spiro atoms. The van der Waals surface area contributed by atoms with Gasteiger partial charge in [-0.2, -0.15) is 13.2 Å². The largest absolute Gasteiger partial charge is 0.493 e. The Morgan fingerprint density at radius 1 is 1.01 bits per heavy atom. The molecule has 2 fully saturated rings. The molecular weight excluding hydrogens is 910 g/mol. The number of allylic oxidation sites excluding steroid dienone is 1. The Morgan fingerprint density at radius 3 is 2.43 bits per heavy atom. The maximum absolute atomic E-state index is 15.0. The molecule has 7 rings (SSSR count). The van der Waals surface area contributed by atoms with E-state index >= 15 is 13.2 Å². The van der Waals surface area contributed by atoms with Crippen molar-refractivity contribution in [3.63, 3.8) is 0 Å². The van der Waals surface area contributed by atoms with Crippen LogP contribution in [0.2, 0.25) is 0 Å². The van der Waals surface area contributed by atoms with Crippen molar-refractivity contribution in [1.82, 2.24) is 30.2 Å². The molecule has 1 aliphatic carbocycles. The minimum Gasteiger partial charge on any atom is -0.493 e. The highest BCUT2D eigenvalue weighted by Gasteiger charge is 2.57.